The van der Waals surface area contributed by atoms with Crippen LogP contribution in [0, 0.1) is 5.92 Å². The maximum atomic E-state index is 12.6. The first kappa shape index (κ1) is 20.8. The minimum Gasteiger partial charge on any atom is -0.449 e. The number of nitrogens with one attached hydrogen (secondary N) is 1. The van der Waals surface area contributed by atoms with Gasteiger partial charge in [0.2, 0.25) is 0 Å². The molecule has 0 radical (unpaired) electrons. The van der Waals surface area contributed by atoms with E-state index in [4.69, 9.17) is 4.74 Å². The van der Waals surface area contributed by atoms with Gasteiger partial charge >= 0.3 is 12.1 Å². The van der Waals surface area contributed by atoms with Gasteiger partial charge in [0.05, 0.1) is 18.7 Å². The predicted molar refractivity (Wildman–Crippen MR) is 112 cm³/mol. The Labute approximate surface area is 175 Å². The number of carbonyl (C=O) groups excluding carboxylic acids is 2. The second-order valence-electron chi connectivity index (χ2n) is 9.77. The van der Waals surface area contributed by atoms with Gasteiger partial charge in [-0.1, -0.05) is 26.7 Å². The summed E-state index contributed by atoms with van der Waals surface area (Å²) < 4.78 is 5.38. The van der Waals surface area contributed by atoms with Gasteiger partial charge in [-0.3, -0.25) is 0 Å². The quantitative estimate of drug-likeness (QED) is 0.779. The van der Waals surface area contributed by atoms with Gasteiger partial charge in [-0.25, -0.2) is 9.59 Å². The van der Waals surface area contributed by atoms with Crippen LogP contribution >= 0.6 is 0 Å². The van der Waals surface area contributed by atoms with Crippen LogP contribution in [-0.2, 0) is 4.74 Å². The highest BCUT2D eigenvalue weighted by atomic mass is 16.6. The summed E-state index contributed by atoms with van der Waals surface area (Å²) in [4.78, 5) is 31.4. The van der Waals surface area contributed by atoms with Crippen LogP contribution in [0.15, 0.2) is 0 Å². The number of amides is 3. The summed E-state index contributed by atoms with van der Waals surface area (Å²) in [6, 6.07) is 1.93. The molecule has 7 heteroatoms. The lowest BCUT2D eigenvalue weighted by Gasteiger charge is -2.44. The van der Waals surface area contributed by atoms with Crippen LogP contribution in [-0.4, -0.2) is 83.8 Å². The average molecular weight is 407 g/mol. The van der Waals surface area contributed by atoms with Crippen molar-refractivity contribution < 1.29 is 14.3 Å². The summed E-state index contributed by atoms with van der Waals surface area (Å²) in [5.74, 6) is 0.374. The van der Waals surface area contributed by atoms with Crippen LogP contribution < -0.4 is 5.32 Å². The second kappa shape index (κ2) is 9.11. The Morgan fingerprint density at radius 3 is 2.34 bits per heavy atom. The van der Waals surface area contributed by atoms with Crippen LogP contribution in [0.4, 0.5) is 9.59 Å². The summed E-state index contributed by atoms with van der Waals surface area (Å²) in [6.07, 6.45) is 8.85. The number of urea groups is 1. The third-order valence-corrected chi connectivity index (χ3v) is 7.30. The van der Waals surface area contributed by atoms with Gasteiger partial charge in [0.15, 0.2) is 0 Å². The molecular weight excluding hydrogens is 368 g/mol. The lowest BCUT2D eigenvalue weighted by Crippen LogP contribution is -2.53. The number of piperidine rings is 2. The molecule has 4 rings (SSSR count). The average Bonchev–Trinajstić information content (AvgIpc) is 3.08. The lowest BCUT2D eigenvalue weighted by atomic mass is 9.89. The van der Waals surface area contributed by atoms with Gasteiger partial charge in [0.25, 0.3) is 0 Å². The Hall–Kier alpha value is -1.50. The molecule has 4 fully saturated rings. The van der Waals surface area contributed by atoms with Gasteiger partial charge in [-0.2, -0.15) is 0 Å². The third-order valence-electron chi connectivity index (χ3n) is 7.30. The van der Waals surface area contributed by atoms with E-state index in [0.29, 0.717) is 36.7 Å². The molecule has 1 aliphatic carbocycles. The summed E-state index contributed by atoms with van der Waals surface area (Å²) in [5, 5.41) is 3.23. The lowest BCUT2D eigenvalue weighted by molar-refractivity contribution is 0.0454. The minimum atomic E-state index is -0.155. The van der Waals surface area contributed by atoms with E-state index >= 15 is 0 Å². The first-order valence-electron chi connectivity index (χ1n) is 11.8. The monoisotopic (exact) mass is 406 g/mol. The fourth-order valence-electron chi connectivity index (χ4n) is 5.70. The van der Waals surface area contributed by atoms with Crippen LogP contribution in [0.25, 0.3) is 0 Å². The number of hydrogen-bond acceptors (Lipinski definition) is 4. The molecule has 3 saturated heterocycles. The first-order chi connectivity index (χ1) is 14.0. The molecule has 0 aromatic heterocycles. The van der Waals surface area contributed by atoms with Crippen molar-refractivity contribution in [2.45, 2.75) is 89.4 Å². The van der Waals surface area contributed by atoms with E-state index in [0.717, 1.165) is 64.7 Å². The fourth-order valence-corrected chi connectivity index (χ4v) is 5.70. The number of rotatable bonds is 4. The van der Waals surface area contributed by atoms with Crippen molar-refractivity contribution in [3.8, 4) is 0 Å². The van der Waals surface area contributed by atoms with Crippen LogP contribution in [0.3, 0.4) is 0 Å². The largest absolute Gasteiger partial charge is 0.449 e. The zero-order valence-corrected chi connectivity index (χ0v) is 18.1. The number of fused-ring (bicyclic) bond motifs is 1. The van der Waals surface area contributed by atoms with Crippen LogP contribution in [0.2, 0.25) is 0 Å². The molecule has 0 unspecified atom stereocenters. The molecule has 1 saturated carbocycles. The highest BCUT2D eigenvalue weighted by molar-refractivity contribution is 5.78. The predicted octanol–water partition coefficient (Wildman–Crippen LogP) is 3.04. The number of nitrogens with zero attached hydrogens (tertiary/aromatic N) is 3. The van der Waals surface area contributed by atoms with Crippen molar-refractivity contribution in [1.29, 1.82) is 0 Å². The number of likely N-dealkylation sites (tertiary alicyclic amines) is 2. The molecule has 0 aromatic carbocycles. The molecule has 7 nitrogen and oxygen atoms in total. The molecule has 3 aliphatic heterocycles. The highest BCUT2D eigenvalue weighted by Gasteiger charge is 2.44. The zero-order valence-electron chi connectivity index (χ0n) is 18.1. The molecule has 3 heterocycles. The molecule has 29 heavy (non-hydrogen) atoms. The molecule has 0 bridgehead atoms. The number of ether oxygens (including phenoxy) is 1. The maximum Gasteiger partial charge on any atom is 0.409 e. The molecule has 4 aliphatic rings. The second-order valence-corrected chi connectivity index (χ2v) is 9.77. The van der Waals surface area contributed by atoms with E-state index in [1.54, 1.807) is 0 Å². The standard InChI is InChI=1S/C22H38N4O3/c1-16(2)15-29-22(28)25-13-7-17(8-14-25)24-11-9-18(10-12-24)26-20-6-4-3-5-19(20)23-21(26)27/h16-20H,3-15H2,1-2H3,(H,23,27)/t19-,20-/m0/s1. The summed E-state index contributed by atoms with van der Waals surface area (Å²) >= 11 is 0. The molecule has 0 aromatic rings. The molecule has 0 spiro atoms. The molecule has 3 amide bonds. The number of hydrogen-bond donors (Lipinski definition) is 1. The zero-order chi connectivity index (χ0) is 20.4. The van der Waals surface area contributed by atoms with E-state index in [1.165, 1.54) is 12.8 Å². The van der Waals surface area contributed by atoms with Gasteiger partial charge in [0.1, 0.15) is 0 Å². The SMILES string of the molecule is CC(C)COC(=O)N1CCC(N2CCC(N3C(=O)N[C@H]4CCCC[C@@H]43)CC2)CC1. The number of carbonyl (C=O) groups is 2. The Balaban J connectivity index is 1.22. The van der Waals surface area contributed by atoms with Gasteiger partial charge in [-0.15, -0.1) is 0 Å². The van der Waals surface area contributed by atoms with E-state index in [9.17, 15) is 9.59 Å². The maximum absolute atomic E-state index is 12.6. The summed E-state index contributed by atoms with van der Waals surface area (Å²) in [7, 11) is 0. The molecule has 164 valence electrons. The van der Waals surface area contributed by atoms with Crippen LogP contribution in [0.5, 0.6) is 0 Å². The van der Waals surface area contributed by atoms with Crippen molar-refractivity contribution in [2.24, 2.45) is 5.92 Å². The highest BCUT2D eigenvalue weighted by Crippen LogP contribution is 2.33. The topological polar surface area (TPSA) is 65.1 Å². The van der Waals surface area contributed by atoms with E-state index in [1.807, 2.05) is 4.90 Å². The van der Waals surface area contributed by atoms with E-state index in [2.05, 4.69) is 29.0 Å². The Bertz CT molecular complexity index is 583. The van der Waals surface area contributed by atoms with E-state index < -0.39 is 0 Å². The smallest absolute Gasteiger partial charge is 0.409 e. The summed E-state index contributed by atoms with van der Waals surface area (Å²) in [6.45, 7) is 8.33. The molecule has 2 atom stereocenters. The normalized spacial score (nSPS) is 29.8. The van der Waals surface area contributed by atoms with Crippen molar-refractivity contribution >= 4 is 12.1 Å². The van der Waals surface area contributed by atoms with E-state index in [-0.39, 0.29) is 12.1 Å². The Morgan fingerprint density at radius 2 is 1.66 bits per heavy atom. The van der Waals surface area contributed by atoms with Gasteiger partial charge in [-0.05, 0) is 44.4 Å². The summed E-state index contributed by atoms with van der Waals surface area (Å²) in [5.41, 5.74) is 0. The minimum absolute atomic E-state index is 0.155. The first-order valence-corrected chi connectivity index (χ1v) is 11.8. The molecule has 1 N–H and O–H groups in total. The van der Waals surface area contributed by atoms with Crippen molar-refractivity contribution in [3.05, 3.63) is 0 Å². The Kier molecular flexibility index (Phi) is 6.52. The molecular formula is C22H38N4O3. The van der Waals surface area contributed by atoms with Gasteiger partial charge in [0, 0.05) is 38.3 Å². The van der Waals surface area contributed by atoms with Crippen molar-refractivity contribution in [1.82, 2.24) is 20.0 Å². The van der Waals surface area contributed by atoms with Crippen molar-refractivity contribution in [3.63, 3.8) is 0 Å². The Morgan fingerprint density at radius 1 is 1.00 bits per heavy atom. The fraction of sp³-hybridized carbons (Fsp3) is 0.909. The van der Waals surface area contributed by atoms with Crippen molar-refractivity contribution in [2.75, 3.05) is 32.8 Å². The third kappa shape index (κ3) is 4.65. The van der Waals surface area contributed by atoms with Gasteiger partial charge < -0.3 is 24.8 Å². The van der Waals surface area contributed by atoms with Crippen LogP contribution in [0.1, 0.15) is 65.2 Å².